The van der Waals surface area contributed by atoms with Crippen LogP contribution in [0, 0.1) is 0 Å². The third-order valence-electron chi connectivity index (χ3n) is 3.77. The zero-order chi connectivity index (χ0) is 17.6. The van der Waals surface area contributed by atoms with Gasteiger partial charge in [-0.3, -0.25) is 4.68 Å². The average molecular weight is 341 g/mol. The van der Waals surface area contributed by atoms with Gasteiger partial charge in [0, 0.05) is 37.8 Å². The van der Waals surface area contributed by atoms with E-state index in [1.807, 2.05) is 49.1 Å². The Labute approximate surface area is 146 Å². The number of nitrogens with one attached hydrogen (secondary N) is 2. The van der Waals surface area contributed by atoms with Crippen LogP contribution < -0.4 is 16.4 Å². The van der Waals surface area contributed by atoms with Crippen LogP contribution >= 0.6 is 0 Å². The van der Waals surface area contributed by atoms with Crippen LogP contribution in [-0.4, -0.2) is 45.5 Å². The van der Waals surface area contributed by atoms with Crippen LogP contribution in [0.25, 0.3) is 10.9 Å². The Morgan fingerprint density at radius 1 is 1.32 bits per heavy atom. The first-order valence-corrected chi connectivity index (χ1v) is 8.25. The van der Waals surface area contributed by atoms with Crippen molar-refractivity contribution in [2.45, 2.75) is 13.0 Å². The van der Waals surface area contributed by atoms with Crippen molar-refractivity contribution in [3.8, 4) is 0 Å². The highest BCUT2D eigenvalue weighted by atomic mass is 16.5. The number of hydrogen-bond donors (Lipinski definition) is 3. The van der Waals surface area contributed by atoms with Crippen molar-refractivity contribution >= 4 is 28.4 Å². The molecule has 0 saturated heterocycles. The van der Waals surface area contributed by atoms with Crippen LogP contribution in [0.3, 0.4) is 0 Å². The van der Waals surface area contributed by atoms with Crippen LogP contribution in [0.5, 0.6) is 0 Å². The summed E-state index contributed by atoms with van der Waals surface area (Å²) in [6, 6.07) is 7.72. The summed E-state index contributed by atoms with van der Waals surface area (Å²) in [4.78, 5) is 8.70. The Hall–Kier alpha value is -2.71. The number of nitrogens with zero attached hydrogens (tertiary/aromatic N) is 4. The fourth-order valence-electron chi connectivity index (χ4n) is 2.49. The van der Waals surface area contributed by atoms with Crippen LogP contribution in [0.2, 0.25) is 0 Å². The molecule has 2 aromatic heterocycles. The van der Waals surface area contributed by atoms with Gasteiger partial charge in [-0.2, -0.15) is 10.1 Å². The Kier molecular flexibility index (Phi) is 5.42. The number of rotatable bonds is 8. The molecule has 8 nitrogen and oxygen atoms in total. The quantitative estimate of drug-likeness (QED) is 0.575. The predicted molar refractivity (Wildman–Crippen MR) is 99.0 cm³/mol. The first-order chi connectivity index (χ1) is 12.2. The summed E-state index contributed by atoms with van der Waals surface area (Å²) < 4.78 is 7.14. The molecule has 8 heteroatoms. The number of anilines is 3. The maximum atomic E-state index is 5.97. The van der Waals surface area contributed by atoms with E-state index in [9.17, 15) is 0 Å². The molecule has 132 valence electrons. The van der Waals surface area contributed by atoms with E-state index in [0.717, 1.165) is 16.6 Å². The fourth-order valence-corrected chi connectivity index (χ4v) is 2.49. The monoisotopic (exact) mass is 341 g/mol. The van der Waals surface area contributed by atoms with Gasteiger partial charge in [-0.15, -0.1) is 0 Å². The summed E-state index contributed by atoms with van der Waals surface area (Å²) in [5.74, 6) is 1.22. The second kappa shape index (κ2) is 7.91. The topological polar surface area (TPSA) is 103 Å². The highest BCUT2D eigenvalue weighted by molar-refractivity contribution is 5.92. The summed E-state index contributed by atoms with van der Waals surface area (Å²) in [7, 11) is 1.92. The molecule has 4 N–H and O–H groups in total. The van der Waals surface area contributed by atoms with Gasteiger partial charge in [-0.1, -0.05) is 6.07 Å². The molecular weight excluding hydrogens is 318 g/mol. The van der Waals surface area contributed by atoms with Crippen LogP contribution in [0.1, 0.15) is 6.92 Å². The van der Waals surface area contributed by atoms with E-state index in [1.165, 1.54) is 0 Å². The minimum atomic E-state index is -0.107. The first kappa shape index (κ1) is 17.1. The lowest BCUT2D eigenvalue weighted by molar-refractivity contribution is 0.136. The third kappa shape index (κ3) is 4.23. The number of ether oxygens (including phenoxy) is 1. The molecular formula is C17H23N7O. The number of hydrogen-bond acceptors (Lipinski definition) is 7. The molecule has 0 unspecified atom stereocenters. The lowest BCUT2D eigenvalue weighted by Gasteiger charge is -2.13. The molecule has 0 bridgehead atoms. The van der Waals surface area contributed by atoms with E-state index >= 15 is 0 Å². The van der Waals surface area contributed by atoms with Gasteiger partial charge in [-0.25, -0.2) is 4.98 Å². The standard InChI is InChI=1S/C17H23N7O/c1-3-25-11-12(18)9-20-17-19-8-7-16(23-17)22-14-5-4-6-15-13(14)10-21-24(15)2/h4-8,10,12H,3,9,11,18H2,1-2H3,(H2,19,20,22,23)/t12-/m1/s1. The number of fused-ring (bicyclic) bond motifs is 1. The summed E-state index contributed by atoms with van der Waals surface area (Å²) in [6.45, 7) is 3.65. The van der Waals surface area contributed by atoms with Crippen molar-refractivity contribution in [3.63, 3.8) is 0 Å². The lowest BCUT2D eigenvalue weighted by Crippen LogP contribution is -2.34. The highest BCUT2D eigenvalue weighted by Crippen LogP contribution is 2.25. The van der Waals surface area contributed by atoms with Crippen molar-refractivity contribution in [2.75, 3.05) is 30.4 Å². The summed E-state index contributed by atoms with van der Waals surface area (Å²) in [6.07, 6.45) is 3.54. The highest BCUT2D eigenvalue weighted by Gasteiger charge is 2.07. The van der Waals surface area contributed by atoms with Gasteiger partial charge in [0.15, 0.2) is 0 Å². The molecule has 3 rings (SSSR count). The minimum absolute atomic E-state index is 0.107. The Morgan fingerprint density at radius 3 is 3.04 bits per heavy atom. The lowest BCUT2D eigenvalue weighted by atomic mass is 10.2. The average Bonchev–Trinajstić information content (AvgIpc) is 3.01. The molecule has 3 aromatic rings. The molecule has 1 aromatic carbocycles. The maximum Gasteiger partial charge on any atom is 0.224 e. The zero-order valence-corrected chi connectivity index (χ0v) is 14.4. The van der Waals surface area contributed by atoms with Gasteiger partial charge >= 0.3 is 0 Å². The van der Waals surface area contributed by atoms with E-state index in [-0.39, 0.29) is 6.04 Å². The van der Waals surface area contributed by atoms with Crippen LogP contribution in [0.4, 0.5) is 17.5 Å². The fraction of sp³-hybridized carbons (Fsp3) is 0.353. The van der Waals surface area contributed by atoms with Crippen molar-refractivity contribution in [1.82, 2.24) is 19.7 Å². The molecule has 25 heavy (non-hydrogen) atoms. The van der Waals surface area contributed by atoms with Crippen molar-refractivity contribution < 1.29 is 4.74 Å². The molecule has 1 atom stereocenters. The van der Waals surface area contributed by atoms with E-state index < -0.39 is 0 Å². The van der Waals surface area contributed by atoms with Crippen LogP contribution in [0.15, 0.2) is 36.7 Å². The van der Waals surface area contributed by atoms with E-state index in [4.69, 9.17) is 10.5 Å². The molecule has 0 aliphatic rings. The molecule has 0 radical (unpaired) electrons. The van der Waals surface area contributed by atoms with Crippen molar-refractivity contribution in [3.05, 3.63) is 36.7 Å². The molecule has 0 fully saturated rings. The van der Waals surface area contributed by atoms with Gasteiger partial charge < -0.3 is 21.1 Å². The number of nitrogens with two attached hydrogens (primary N) is 1. The van der Waals surface area contributed by atoms with Crippen molar-refractivity contribution in [2.24, 2.45) is 12.8 Å². The molecule has 0 aliphatic heterocycles. The summed E-state index contributed by atoms with van der Waals surface area (Å²) in [5.41, 5.74) is 7.97. The smallest absolute Gasteiger partial charge is 0.224 e. The van der Waals surface area contributed by atoms with Gasteiger partial charge in [0.2, 0.25) is 5.95 Å². The van der Waals surface area contributed by atoms with E-state index in [2.05, 4.69) is 25.7 Å². The largest absolute Gasteiger partial charge is 0.380 e. The van der Waals surface area contributed by atoms with E-state index in [1.54, 1.807) is 6.20 Å². The van der Waals surface area contributed by atoms with Gasteiger partial charge in [0.25, 0.3) is 0 Å². The van der Waals surface area contributed by atoms with Gasteiger partial charge in [0.05, 0.1) is 24.0 Å². The molecule has 2 heterocycles. The number of benzene rings is 1. The predicted octanol–water partition coefficient (Wildman–Crippen LogP) is 1.88. The molecule has 0 saturated carbocycles. The Morgan fingerprint density at radius 2 is 2.20 bits per heavy atom. The minimum Gasteiger partial charge on any atom is -0.380 e. The number of aryl methyl sites for hydroxylation is 1. The second-order valence-electron chi connectivity index (χ2n) is 5.70. The maximum absolute atomic E-state index is 5.97. The number of aromatic nitrogens is 4. The third-order valence-corrected chi connectivity index (χ3v) is 3.77. The van der Waals surface area contributed by atoms with E-state index in [0.29, 0.717) is 31.5 Å². The molecule has 0 aliphatic carbocycles. The molecule has 0 spiro atoms. The van der Waals surface area contributed by atoms with Crippen molar-refractivity contribution in [1.29, 1.82) is 0 Å². The van der Waals surface area contributed by atoms with Crippen LogP contribution in [-0.2, 0) is 11.8 Å². The first-order valence-electron chi connectivity index (χ1n) is 8.25. The summed E-state index contributed by atoms with van der Waals surface area (Å²) >= 11 is 0. The Balaban J connectivity index is 1.69. The van der Waals surface area contributed by atoms with Gasteiger partial charge in [0.1, 0.15) is 5.82 Å². The Bertz CT molecular complexity index is 833. The second-order valence-corrected chi connectivity index (χ2v) is 5.70. The normalized spacial score (nSPS) is 12.3. The zero-order valence-electron chi connectivity index (χ0n) is 14.4. The molecule has 0 amide bonds. The SMILES string of the molecule is CCOC[C@H](N)CNc1nccc(Nc2cccc3c2cnn3C)n1. The summed E-state index contributed by atoms with van der Waals surface area (Å²) in [5, 5.41) is 11.8. The van der Waals surface area contributed by atoms with Gasteiger partial charge in [-0.05, 0) is 25.1 Å².